The molecule has 0 saturated carbocycles. The summed E-state index contributed by atoms with van der Waals surface area (Å²) in [5.41, 5.74) is 0.863. The van der Waals surface area contributed by atoms with Crippen LogP contribution in [0, 0.1) is 5.92 Å². The van der Waals surface area contributed by atoms with E-state index in [0.29, 0.717) is 5.75 Å². The highest BCUT2D eigenvalue weighted by Crippen LogP contribution is 2.23. The molecule has 0 aliphatic carbocycles. The van der Waals surface area contributed by atoms with E-state index in [2.05, 4.69) is 10.1 Å². The molecular weight excluding hydrogens is 184 g/mol. The Balaban J connectivity index is 2.53. The van der Waals surface area contributed by atoms with E-state index in [1.807, 2.05) is 6.92 Å². The molecule has 0 radical (unpaired) electrons. The molecule has 1 aliphatic heterocycles. The van der Waals surface area contributed by atoms with Gasteiger partial charge >= 0.3 is 0 Å². The predicted molar refractivity (Wildman–Crippen MR) is 54.2 cm³/mol. The van der Waals surface area contributed by atoms with Crippen molar-refractivity contribution >= 4 is 23.3 Å². The van der Waals surface area contributed by atoms with Crippen molar-refractivity contribution in [2.45, 2.75) is 6.92 Å². The van der Waals surface area contributed by atoms with E-state index in [4.69, 9.17) is 17.1 Å². The topological polar surface area (TPSA) is 34.5 Å². The normalized spacial score (nSPS) is 20.4. The molecule has 4 heteroatoms. The third-order valence-corrected chi connectivity index (χ3v) is 2.49. The fraction of sp³-hybridized carbons (Fsp3) is 0.222. The van der Waals surface area contributed by atoms with Gasteiger partial charge in [-0.25, -0.2) is 0 Å². The largest absolute Gasteiger partial charge is 0.357 e. The number of nitrogens with zero attached hydrogens (tertiary/aromatic N) is 2. The summed E-state index contributed by atoms with van der Waals surface area (Å²) in [4.78, 5) is 9.96. The zero-order chi connectivity index (χ0) is 9.26. The minimum atomic E-state index is 0.125. The number of oxime groups is 1. The van der Waals surface area contributed by atoms with Crippen LogP contribution in [0.3, 0.4) is 0 Å². The molecule has 2 rings (SSSR count). The maximum absolute atomic E-state index is 5.26. The third kappa shape index (κ3) is 1.45. The fourth-order valence-corrected chi connectivity index (χ4v) is 1.35. The minimum Gasteiger partial charge on any atom is -0.357 e. The predicted octanol–water partition coefficient (Wildman–Crippen LogP) is 1.81. The molecule has 1 aromatic rings. The second-order valence-electron chi connectivity index (χ2n) is 2.87. The smallest absolute Gasteiger partial charge is 0.169 e. The molecule has 66 valence electrons. The van der Waals surface area contributed by atoms with Crippen molar-refractivity contribution in [3.8, 4) is 5.75 Å². The van der Waals surface area contributed by atoms with Crippen LogP contribution in [-0.2, 0) is 0 Å². The van der Waals surface area contributed by atoms with Gasteiger partial charge in [0.1, 0.15) is 0 Å². The van der Waals surface area contributed by atoms with Crippen LogP contribution in [0.15, 0.2) is 23.6 Å². The Hall–Kier alpha value is -1.29. The van der Waals surface area contributed by atoms with Crippen LogP contribution in [0.1, 0.15) is 12.5 Å². The first-order valence-corrected chi connectivity index (χ1v) is 4.38. The van der Waals surface area contributed by atoms with Gasteiger partial charge in [-0.05, 0) is 0 Å². The quantitative estimate of drug-likeness (QED) is 0.588. The summed E-state index contributed by atoms with van der Waals surface area (Å²) >= 11 is 5.26. The van der Waals surface area contributed by atoms with Gasteiger partial charge in [-0.1, -0.05) is 24.3 Å². The molecule has 1 atom stereocenters. The Morgan fingerprint density at radius 2 is 2.38 bits per heavy atom. The van der Waals surface area contributed by atoms with Crippen LogP contribution in [-0.4, -0.2) is 16.1 Å². The summed E-state index contributed by atoms with van der Waals surface area (Å²) in [7, 11) is 0. The highest BCUT2D eigenvalue weighted by molar-refractivity contribution is 7.81. The Kier molecular flexibility index (Phi) is 2.06. The Bertz CT molecular complexity index is 376. The van der Waals surface area contributed by atoms with E-state index in [9.17, 15) is 0 Å². The SMILES string of the molecule is CC1C=NOc2ccncc2C1=S. The van der Waals surface area contributed by atoms with E-state index in [0.717, 1.165) is 10.4 Å². The monoisotopic (exact) mass is 192 g/mol. The Labute approximate surface area is 81.4 Å². The summed E-state index contributed by atoms with van der Waals surface area (Å²) in [6, 6.07) is 1.76. The van der Waals surface area contributed by atoms with E-state index < -0.39 is 0 Å². The van der Waals surface area contributed by atoms with Gasteiger partial charge in [0.2, 0.25) is 0 Å². The van der Waals surface area contributed by atoms with Gasteiger partial charge in [0, 0.05) is 29.2 Å². The minimum absolute atomic E-state index is 0.125. The summed E-state index contributed by atoms with van der Waals surface area (Å²) in [5.74, 6) is 0.807. The average Bonchev–Trinajstić information content (AvgIpc) is 2.29. The zero-order valence-electron chi connectivity index (χ0n) is 7.10. The lowest BCUT2D eigenvalue weighted by atomic mass is 10.0. The van der Waals surface area contributed by atoms with Crippen LogP contribution in [0.2, 0.25) is 0 Å². The molecule has 0 aromatic carbocycles. The van der Waals surface area contributed by atoms with Crippen molar-refractivity contribution in [3.63, 3.8) is 0 Å². The van der Waals surface area contributed by atoms with Crippen molar-refractivity contribution in [1.82, 2.24) is 4.98 Å². The molecular formula is C9H8N2OS. The van der Waals surface area contributed by atoms with Gasteiger partial charge in [-0.3, -0.25) is 4.98 Å². The Morgan fingerprint density at radius 3 is 3.23 bits per heavy atom. The van der Waals surface area contributed by atoms with Gasteiger partial charge in [-0.15, -0.1) is 0 Å². The molecule has 0 bridgehead atoms. The molecule has 1 aliphatic rings. The lowest BCUT2D eigenvalue weighted by Gasteiger charge is -2.05. The number of aromatic nitrogens is 1. The molecule has 3 nitrogen and oxygen atoms in total. The lowest BCUT2D eigenvalue weighted by molar-refractivity contribution is 0.343. The Morgan fingerprint density at radius 1 is 1.54 bits per heavy atom. The van der Waals surface area contributed by atoms with Crippen molar-refractivity contribution < 1.29 is 4.84 Å². The number of hydrogen-bond donors (Lipinski definition) is 0. The standard InChI is InChI=1S/C9H8N2OS/c1-6-4-11-12-8-2-3-10-5-7(8)9(6)13/h2-6H,1H3. The molecule has 2 heterocycles. The molecule has 1 aromatic heterocycles. The third-order valence-electron chi connectivity index (χ3n) is 1.90. The lowest BCUT2D eigenvalue weighted by Crippen LogP contribution is -2.09. The molecule has 1 unspecified atom stereocenters. The van der Waals surface area contributed by atoms with Crippen molar-refractivity contribution in [2.24, 2.45) is 11.1 Å². The number of hydrogen-bond acceptors (Lipinski definition) is 4. The first-order chi connectivity index (χ1) is 6.29. The van der Waals surface area contributed by atoms with Crippen molar-refractivity contribution in [1.29, 1.82) is 0 Å². The molecule has 0 saturated heterocycles. The zero-order valence-corrected chi connectivity index (χ0v) is 7.91. The second-order valence-corrected chi connectivity index (χ2v) is 3.31. The van der Waals surface area contributed by atoms with Gasteiger partial charge in [0.25, 0.3) is 0 Å². The summed E-state index contributed by atoms with van der Waals surface area (Å²) in [6.45, 7) is 1.98. The molecule has 0 amide bonds. The number of pyridine rings is 1. The molecule has 0 N–H and O–H groups in total. The average molecular weight is 192 g/mol. The first-order valence-electron chi connectivity index (χ1n) is 3.98. The van der Waals surface area contributed by atoms with E-state index in [1.165, 1.54) is 0 Å². The van der Waals surface area contributed by atoms with E-state index >= 15 is 0 Å². The molecule has 0 fully saturated rings. The van der Waals surface area contributed by atoms with Gasteiger partial charge in [0.15, 0.2) is 5.75 Å². The first kappa shape index (κ1) is 8.31. The fourth-order valence-electron chi connectivity index (χ4n) is 1.14. The van der Waals surface area contributed by atoms with Gasteiger partial charge < -0.3 is 4.84 Å². The summed E-state index contributed by atoms with van der Waals surface area (Å²) in [5, 5.41) is 3.80. The van der Waals surface area contributed by atoms with Crippen LogP contribution in [0.4, 0.5) is 0 Å². The van der Waals surface area contributed by atoms with Crippen molar-refractivity contribution in [3.05, 3.63) is 24.0 Å². The van der Waals surface area contributed by atoms with Gasteiger partial charge in [0.05, 0.1) is 11.8 Å². The van der Waals surface area contributed by atoms with Crippen LogP contribution in [0.5, 0.6) is 5.75 Å². The summed E-state index contributed by atoms with van der Waals surface area (Å²) in [6.07, 6.45) is 5.07. The highest BCUT2D eigenvalue weighted by atomic mass is 32.1. The molecule has 0 spiro atoms. The van der Waals surface area contributed by atoms with Crippen LogP contribution < -0.4 is 4.84 Å². The maximum atomic E-state index is 5.26. The van der Waals surface area contributed by atoms with Crippen molar-refractivity contribution in [2.75, 3.05) is 0 Å². The van der Waals surface area contributed by atoms with E-state index in [-0.39, 0.29) is 5.92 Å². The second kappa shape index (κ2) is 3.22. The number of thiocarbonyl (C=S) groups is 1. The van der Waals surface area contributed by atoms with Gasteiger partial charge in [-0.2, -0.15) is 0 Å². The highest BCUT2D eigenvalue weighted by Gasteiger charge is 2.17. The summed E-state index contributed by atoms with van der Waals surface area (Å²) < 4.78 is 0. The maximum Gasteiger partial charge on any atom is 0.169 e. The molecule has 13 heavy (non-hydrogen) atoms. The van der Waals surface area contributed by atoms with E-state index in [1.54, 1.807) is 24.7 Å². The van der Waals surface area contributed by atoms with Crippen LogP contribution in [0.25, 0.3) is 0 Å². The van der Waals surface area contributed by atoms with Crippen LogP contribution >= 0.6 is 12.2 Å². The number of fused-ring (bicyclic) bond motifs is 1. The number of rotatable bonds is 0.